The van der Waals surface area contributed by atoms with Crippen LogP contribution in [0.2, 0.25) is 0 Å². The minimum absolute atomic E-state index is 0.176. The lowest BCUT2D eigenvalue weighted by Gasteiger charge is -2.32. The first-order chi connectivity index (χ1) is 9.53. The van der Waals surface area contributed by atoms with Gasteiger partial charge < -0.3 is 14.2 Å². The third-order valence-electron chi connectivity index (χ3n) is 3.60. The molecule has 0 aliphatic rings. The summed E-state index contributed by atoms with van der Waals surface area (Å²) in [6.07, 6.45) is 1.49. The van der Waals surface area contributed by atoms with Crippen LogP contribution in [0.5, 0.6) is 0 Å². The number of hydrogen-bond donors (Lipinski definition) is 0. The second-order valence-corrected chi connectivity index (χ2v) is 6.66. The van der Waals surface area contributed by atoms with Gasteiger partial charge in [-0.15, -0.1) is 0 Å². The third-order valence-corrected chi connectivity index (χ3v) is 3.60. The first kappa shape index (κ1) is 20.1. The van der Waals surface area contributed by atoms with E-state index in [1.54, 1.807) is 6.92 Å². The molecule has 21 heavy (non-hydrogen) atoms. The number of esters is 1. The van der Waals surface area contributed by atoms with Crippen molar-refractivity contribution in [3.8, 4) is 0 Å². The van der Waals surface area contributed by atoms with Crippen LogP contribution in [-0.4, -0.2) is 36.5 Å². The van der Waals surface area contributed by atoms with Crippen LogP contribution in [-0.2, 0) is 19.0 Å². The van der Waals surface area contributed by atoms with Crippen LogP contribution in [0.3, 0.4) is 0 Å². The molecule has 0 N–H and O–H groups in total. The van der Waals surface area contributed by atoms with Gasteiger partial charge in [0.1, 0.15) is 12.7 Å². The van der Waals surface area contributed by atoms with Crippen LogP contribution in [0.15, 0.2) is 12.2 Å². The Bertz CT molecular complexity index is 345. The molecule has 0 saturated heterocycles. The number of carbonyl (C=O) groups excluding carboxylic acids is 1. The van der Waals surface area contributed by atoms with E-state index in [2.05, 4.69) is 20.4 Å². The molecule has 0 amide bonds. The molecule has 4 nitrogen and oxygen atoms in total. The van der Waals surface area contributed by atoms with E-state index in [-0.39, 0.29) is 23.9 Å². The summed E-state index contributed by atoms with van der Waals surface area (Å²) in [7, 11) is 0. The van der Waals surface area contributed by atoms with Gasteiger partial charge in [-0.3, -0.25) is 0 Å². The van der Waals surface area contributed by atoms with Gasteiger partial charge in [-0.05, 0) is 47.5 Å². The van der Waals surface area contributed by atoms with Gasteiger partial charge in [0.25, 0.3) is 0 Å². The van der Waals surface area contributed by atoms with Crippen molar-refractivity contribution in [2.24, 2.45) is 0 Å². The molecular weight excluding hydrogens is 268 g/mol. The molecule has 0 aromatic heterocycles. The van der Waals surface area contributed by atoms with Crippen molar-refractivity contribution in [2.45, 2.75) is 78.6 Å². The zero-order valence-corrected chi connectivity index (χ0v) is 14.7. The van der Waals surface area contributed by atoms with Crippen LogP contribution in [0.4, 0.5) is 0 Å². The van der Waals surface area contributed by atoms with E-state index in [1.165, 1.54) is 0 Å². The molecule has 1 atom stereocenters. The summed E-state index contributed by atoms with van der Waals surface area (Å²) in [6.45, 7) is 18.0. The Hall–Kier alpha value is -0.870. The summed E-state index contributed by atoms with van der Waals surface area (Å²) >= 11 is 0. The van der Waals surface area contributed by atoms with Gasteiger partial charge in [0.2, 0.25) is 0 Å². The fourth-order valence-electron chi connectivity index (χ4n) is 1.36. The zero-order chi connectivity index (χ0) is 16.7. The Balaban J connectivity index is 4.62. The minimum atomic E-state index is -0.396. The Labute approximate surface area is 129 Å². The highest BCUT2D eigenvalue weighted by Gasteiger charge is 2.26. The van der Waals surface area contributed by atoms with E-state index in [1.807, 2.05) is 27.7 Å². The highest BCUT2D eigenvalue weighted by atomic mass is 16.6. The molecule has 0 radical (unpaired) electrons. The Morgan fingerprint density at radius 2 is 1.57 bits per heavy atom. The monoisotopic (exact) mass is 300 g/mol. The minimum Gasteiger partial charge on any atom is -0.459 e. The maximum Gasteiger partial charge on any atom is 0.333 e. The Morgan fingerprint density at radius 1 is 1.05 bits per heavy atom. The van der Waals surface area contributed by atoms with Gasteiger partial charge in [0.05, 0.1) is 17.8 Å². The first-order valence-electron chi connectivity index (χ1n) is 7.67. The summed E-state index contributed by atoms with van der Waals surface area (Å²) in [4.78, 5) is 11.5. The maximum atomic E-state index is 11.5. The Kier molecular flexibility index (Phi) is 8.19. The van der Waals surface area contributed by atoms with Crippen molar-refractivity contribution < 1.29 is 19.0 Å². The van der Waals surface area contributed by atoms with Crippen molar-refractivity contribution in [3.05, 3.63) is 12.2 Å². The largest absolute Gasteiger partial charge is 0.459 e. The van der Waals surface area contributed by atoms with E-state index in [9.17, 15) is 4.79 Å². The predicted octanol–water partition coefficient (Wildman–Crippen LogP) is 3.88. The molecule has 0 rings (SSSR count). The first-order valence-corrected chi connectivity index (χ1v) is 7.67. The Morgan fingerprint density at radius 3 is 2.00 bits per heavy atom. The summed E-state index contributed by atoms with van der Waals surface area (Å²) < 4.78 is 17.1. The number of hydrogen-bond acceptors (Lipinski definition) is 4. The lowest BCUT2D eigenvalue weighted by atomic mass is 10.1. The highest BCUT2D eigenvalue weighted by Crippen LogP contribution is 2.20. The van der Waals surface area contributed by atoms with Gasteiger partial charge in [-0.1, -0.05) is 20.4 Å². The normalized spacial score (nSPS) is 13.9. The van der Waals surface area contributed by atoms with Gasteiger partial charge in [-0.2, -0.15) is 0 Å². The van der Waals surface area contributed by atoms with Crippen molar-refractivity contribution in [2.75, 3.05) is 13.2 Å². The highest BCUT2D eigenvalue weighted by molar-refractivity contribution is 5.86. The van der Waals surface area contributed by atoms with Gasteiger partial charge in [-0.25, -0.2) is 4.79 Å². The van der Waals surface area contributed by atoms with Crippen molar-refractivity contribution >= 4 is 5.97 Å². The van der Waals surface area contributed by atoms with E-state index in [0.717, 1.165) is 12.8 Å². The molecule has 0 saturated carbocycles. The van der Waals surface area contributed by atoms with Gasteiger partial charge in [0, 0.05) is 5.57 Å². The molecule has 0 bridgehead atoms. The molecular formula is C17H32O4. The molecule has 0 aliphatic carbocycles. The van der Waals surface area contributed by atoms with Crippen LogP contribution in [0, 0.1) is 0 Å². The fourth-order valence-corrected chi connectivity index (χ4v) is 1.36. The molecule has 124 valence electrons. The van der Waals surface area contributed by atoms with Gasteiger partial charge >= 0.3 is 5.97 Å². The standard InChI is InChI=1S/C17H32O4/c1-9-16(5,6)20-12-14(21-17(7,8)10-2)11-19-15(18)13(3)4/h14H,3,9-12H2,1-2,4-8H3. The maximum absolute atomic E-state index is 11.5. The lowest BCUT2D eigenvalue weighted by molar-refractivity contribution is -0.163. The van der Waals surface area contributed by atoms with Crippen LogP contribution in [0.25, 0.3) is 0 Å². The van der Waals surface area contributed by atoms with Gasteiger partial charge in [0.15, 0.2) is 0 Å². The second kappa shape index (κ2) is 8.54. The molecule has 0 aromatic carbocycles. The average molecular weight is 300 g/mol. The third kappa shape index (κ3) is 8.89. The van der Waals surface area contributed by atoms with E-state index in [0.29, 0.717) is 12.2 Å². The number of ether oxygens (including phenoxy) is 3. The molecule has 1 unspecified atom stereocenters. The molecule has 0 spiro atoms. The summed E-state index contributed by atoms with van der Waals surface area (Å²) in [6, 6.07) is 0. The summed E-state index contributed by atoms with van der Waals surface area (Å²) in [5.74, 6) is -0.396. The molecule has 0 aliphatic heterocycles. The molecule has 0 fully saturated rings. The molecule has 4 heteroatoms. The predicted molar refractivity (Wildman–Crippen MR) is 85.3 cm³/mol. The second-order valence-electron chi connectivity index (χ2n) is 6.66. The molecule has 0 aromatic rings. The van der Waals surface area contributed by atoms with Crippen molar-refractivity contribution in [3.63, 3.8) is 0 Å². The number of carbonyl (C=O) groups is 1. The zero-order valence-electron chi connectivity index (χ0n) is 14.7. The number of rotatable bonds is 10. The van der Waals surface area contributed by atoms with Crippen LogP contribution < -0.4 is 0 Å². The summed E-state index contributed by atoms with van der Waals surface area (Å²) in [5, 5.41) is 0. The fraction of sp³-hybridized carbons (Fsp3) is 0.824. The smallest absolute Gasteiger partial charge is 0.333 e. The lowest BCUT2D eigenvalue weighted by Crippen LogP contribution is -2.39. The van der Waals surface area contributed by atoms with E-state index in [4.69, 9.17) is 14.2 Å². The van der Waals surface area contributed by atoms with Crippen molar-refractivity contribution in [1.82, 2.24) is 0 Å². The average Bonchev–Trinajstić information content (AvgIpc) is 2.41. The van der Waals surface area contributed by atoms with E-state index >= 15 is 0 Å². The van der Waals surface area contributed by atoms with Crippen LogP contribution in [0.1, 0.15) is 61.3 Å². The van der Waals surface area contributed by atoms with Crippen molar-refractivity contribution in [1.29, 1.82) is 0 Å². The topological polar surface area (TPSA) is 44.8 Å². The summed E-state index contributed by atoms with van der Waals surface area (Å²) in [5.41, 5.74) is -0.102. The van der Waals surface area contributed by atoms with E-state index < -0.39 is 5.97 Å². The SMILES string of the molecule is C=C(C)C(=O)OCC(COC(C)(C)CC)OC(C)(C)CC. The van der Waals surface area contributed by atoms with Crippen LogP contribution >= 0.6 is 0 Å². The molecule has 0 heterocycles. The quantitative estimate of drug-likeness (QED) is 0.453.